The summed E-state index contributed by atoms with van der Waals surface area (Å²) < 4.78 is 10.3. The van der Waals surface area contributed by atoms with Crippen LogP contribution in [0.25, 0.3) is 0 Å². The number of benzene rings is 1. The van der Waals surface area contributed by atoms with E-state index in [1.165, 1.54) is 26.4 Å². The van der Waals surface area contributed by atoms with Gasteiger partial charge in [-0.25, -0.2) is 0 Å². The van der Waals surface area contributed by atoms with Crippen LogP contribution in [0, 0.1) is 0 Å². The summed E-state index contributed by atoms with van der Waals surface area (Å²) in [7, 11) is 4.53. The van der Waals surface area contributed by atoms with Crippen LogP contribution in [0.3, 0.4) is 0 Å². The molecular weight excluding hydrogens is 250 g/mol. The van der Waals surface area contributed by atoms with Gasteiger partial charge in [0.2, 0.25) is 0 Å². The first-order chi connectivity index (χ1) is 9.08. The summed E-state index contributed by atoms with van der Waals surface area (Å²) in [4.78, 5) is 10.9. The number of likely N-dealkylation sites (N-methyl/N-ethyl adjacent to an activating group) is 1. The van der Waals surface area contributed by atoms with Crippen molar-refractivity contribution in [1.29, 1.82) is 0 Å². The normalized spacial score (nSPS) is 13.7. The van der Waals surface area contributed by atoms with Crippen molar-refractivity contribution >= 4 is 6.29 Å². The van der Waals surface area contributed by atoms with Crippen molar-refractivity contribution in [2.24, 2.45) is 0 Å². The zero-order valence-electron chi connectivity index (χ0n) is 11.2. The van der Waals surface area contributed by atoms with Gasteiger partial charge in [-0.2, -0.15) is 0 Å². The van der Waals surface area contributed by atoms with E-state index in [2.05, 4.69) is 5.32 Å². The molecule has 0 aliphatic rings. The summed E-state index contributed by atoms with van der Waals surface area (Å²) in [6, 6.07) is 2.98. The van der Waals surface area contributed by atoms with E-state index in [0.717, 1.165) is 0 Å². The molecule has 0 saturated heterocycles. The van der Waals surface area contributed by atoms with Crippen molar-refractivity contribution in [3.63, 3.8) is 0 Å². The number of hydrogen-bond donors (Lipinski definition) is 3. The molecule has 3 N–H and O–H groups in total. The molecule has 0 radical (unpaired) electrons. The number of aldehydes is 1. The van der Waals surface area contributed by atoms with Gasteiger partial charge in [0.05, 0.1) is 20.3 Å². The van der Waals surface area contributed by atoms with Gasteiger partial charge in [-0.15, -0.1) is 0 Å². The Balaban J connectivity index is 3.26. The molecule has 2 unspecified atom stereocenters. The fraction of sp³-hybridized carbons (Fsp3) is 0.462. The van der Waals surface area contributed by atoms with Crippen LogP contribution in [0.2, 0.25) is 0 Å². The lowest BCUT2D eigenvalue weighted by atomic mass is 10.00. The van der Waals surface area contributed by atoms with E-state index in [1.54, 1.807) is 7.05 Å². The molecule has 0 bridgehead atoms. The highest BCUT2D eigenvalue weighted by molar-refractivity contribution is 5.77. The molecule has 6 nitrogen and oxygen atoms in total. The van der Waals surface area contributed by atoms with Gasteiger partial charge in [0.25, 0.3) is 0 Å². The fourth-order valence-corrected chi connectivity index (χ4v) is 1.83. The largest absolute Gasteiger partial charge is 0.493 e. The summed E-state index contributed by atoms with van der Waals surface area (Å²) in [5.74, 6) is 0.633. The second-order valence-electron chi connectivity index (χ2n) is 4.03. The van der Waals surface area contributed by atoms with Gasteiger partial charge in [-0.1, -0.05) is 0 Å². The van der Waals surface area contributed by atoms with Crippen molar-refractivity contribution in [2.45, 2.75) is 12.2 Å². The first-order valence-corrected chi connectivity index (χ1v) is 5.80. The predicted octanol–water partition coefficient (Wildman–Crippen LogP) is 0.130. The molecule has 0 aliphatic heterocycles. The van der Waals surface area contributed by atoms with Crippen LogP contribution < -0.4 is 14.8 Å². The van der Waals surface area contributed by atoms with Gasteiger partial charge in [0.15, 0.2) is 11.5 Å². The van der Waals surface area contributed by atoms with Gasteiger partial charge < -0.3 is 25.0 Å². The Labute approximate surface area is 112 Å². The van der Waals surface area contributed by atoms with Crippen molar-refractivity contribution in [1.82, 2.24) is 5.32 Å². The smallest absolute Gasteiger partial charge is 0.166 e. The van der Waals surface area contributed by atoms with Crippen LogP contribution in [-0.4, -0.2) is 50.4 Å². The number of methoxy groups -OCH3 is 2. The molecule has 0 aromatic heterocycles. The molecule has 1 aromatic rings. The Morgan fingerprint density at radius 2 is 2.00 bits per heavy atom. The monoisotopic (exact) mass is 269 g/mol. The number of ether oxygens (including phenoxy) is 2. The standard InChI is InChI=1S/C13H19NO5/c1-14-6-10(16)12(17)9-4-8(7-15)5-11(18-2)13(9)19-3/h4-5,7,10,12,14,16-17H,6H2,1-3H3. The van der Waals surface area contributed by atoms with Crippen LogP contribution in [0.5, 0.6) is 11.5 Å². The van der Waals surface area contributed by atoms with Crippen molar-refractivity contribution in [3.8, 4) is 11.5 Å². The van der Waals surface area contributed by atoms with E-state index < -0.39 is 12.2 Å². The quantitative estimate of drug-likeness (QED) is 0.610. The first-order valence-electron chi connectivity index (χ1n) is 5.80. The van der Waals surface area contributed by atoms with E-state index in [1.807, 2.05) is 0 Å². The van der Waals surface area contributed by atoms with Crippen LogP contribution >= 0.6 is 0 Å². The average molecular weight is 269 g/mol. The highest BCUT2D eigenvalue weighted by atomic mass is 16.5. The van der Waals surface area contributed by atoms with Gasteiger partial charge in [-0.3, -0.25) is 4.79 Å². The summed E-state index contributed by atoms with van der Waals surface area (Å²) in [5, 5.41) is 22.7. The molecule has 0 aliphatic carbocycles. The average Bonchev–Trinajstić information content (AvgIpc) is 2.44. The molecule has 106 valence electrons. The Bertz CT molecular complexity index is 435. The van der Waals surface area contributed by atoms with Crippen molar-refractivity contribution in [3.05, 3.63) is 23.3 Å². The molecule has 0 spiro atoms. The highest BCUT2D eigenvalue weighted by Gasteiger charge is 2.24. The Kier molecular flexibility index (Phi) is 5.75. The molecule has 0 fully saturated rings. The van der Waals surface area contributed by atoms with E-state index in [-0.39, 0.29) is 6.54 Å². The summed E-state index contributed by atoms with van der Waals surface area (Å²) >= 11 is 0. The molecule has 1 rings (SSSR count). The van der Waals surface area contributed by atoms with Gasteiger partial charge in [0, 0.05) is 17.7 Å². The Morgan fingerprint density at radius 1 is 1.32 bits per heavy atom. The summed E-state index contributed by atoms with van der Waals surface area (Å²) in [6.07, 6.45) is -1.57. The van der Waals surface area contributed by atoms with Crippen LogP contribution in [0.15, 0.2) is 12.1 Å². The maximum Gasteiger partial charge on any atom is 0.166 e. The van der Waals surface area contributed by atoms with E-state index in [0.29, 0.717) is 28.9 Å². The number of rotatable bonds is 7. The molecular formula is C13H19NO5. The van der Waals surface area contributed by atoms with Crippen LogP contribution in [0.4, 0.5) is 0 Å². The highest BCUT2D eigenvalue weighted by Crippen LogP contribution is 2.36. The number of nitrogens with one attached hydrogen (secondary N) is 1. The van der Waals surface area contributed by atoms with Crippen molar-refractivity contribution < 1.29 is 24.5 Å². The second kappa shape index (κ2) is 7.08. The van der Waals surface area contributed by atoms with E-state index in [9.17, 15) is 15.0 Å². The number of carbonyl (C=O) groups excluding carboxylic acids is 1. The zero-order valence-corrected chi connectivity index (χ0v) is 11.2. The number of aliphatic hydroxyl groups excluding tert-OH is 2. The lowest BCUT2D eigenvalue weighted by Gasteiger charge is -2.21. The number of hydrogen-bond acceptors (Lipinski definition) is 6. The molecule has 0 amide bonds. The summed E-state index contributed by atoms with van der Waals surface area (Å²) in [6.45, 7) is 0.206. The third-order valence-electron chi connectivity index (χ3n) is 2.76. The molecule has 19 heavy (non-hydrogen) atoms. The first kappa shape index (κ1) is 15.4. The van der Waals surface area contributed by atoms with Gasteiger partial charge >= 0.3 is 0 Å². The minimum Gasteiger partial charge on any atom is -0.493 e. The topological polar surface area (TPSA) is 88.0 Å². The minimum absolute atomic E-state index is 0.206. The SMILES string of the molecule is CNCC(O)C(O)c1cc(C=O)cc(OC)c1OC. The summed E-state index contributed by atoms with van der Waals surface area (Å²) in [5.41, 5.74) is 0.648. The second-order valence-corrected chi connectivity index (χ2v) is 4.03. The van der Waals surface area contributed by atoms with Gasteiger partial charge in [0.1, 0.15) is 12.4 Å². The third kappa shape index (κ3) is 3.44. The lowest BCUT2D eigenvalue weighted by molar-refractivity contribution is 0.0186. The zero-order chi connectivity index (χ0) is 14.4. The minimum atomic E-state index is -1.18. The van der Waals surface area contributed by atoms with E-state index in [4.69, 9.17) is 9.47 Å². The van der Waals surface area contributed by atoms with Crippen LogP contribution in [0.1, 0.15) is 22.0 Å². The van der Waals surface area contributed by atoms with Gasteiger partial charge in [-0.05, 0) is 19.2 Å². The fourth-order valence-electron chi connectivity index (χ4n) is 1.83. The molecule has 2 atom stereocenters. The van der Waals surface area contributed by atoms with Crippen LogP contribution in [-0.2, 0) is 0 Å². The molecule has 0 heterocycles. The van der Waals surface area contributed by atoms with Crippen molar-refractivity contribution in [2.75, 3.05) is 27.8 Å². The number of carbonyl (C=O) groups is 1. The maximum atomic E-state index is 10.9. The Morgan fingerprint density at radius 3 is 2.47 bits per heavy atom. The lowest BCUT2D eigenvalue weighted by Crippen LogP contribution is -2.29. The predicted molar refractivity (Wildman–Crippen MR) is 69.8 cm³/mol. The maximum absolute atomic E-state index is 10.9. The third-order valence-corrected chi connectivity index (χ3v) is 2.76. The molecule has 6 heteroatoms. The molecule has 1 aromatic carbocycles. The number of aliphatic hydroxyl groups is 2. The Hall–Kier alpha value is -1.63. The van der Waals surface area contributed by atoms with E-state index >= 15 is 0 Å². The molecule has 0 saturated carbocycles.